The Kier molecular flexibility index (Phi) is 2.90. The number of aliphatic hydroxyl groups excluding tert-OH is 1. The van der Waals surface area contributed by atoms with E-state index in [1.165, 1.54) is 12.2 Å². The molecule has 1 aromatic heterocycles. The molecule has 13 heavy (non-hydrogen) atoms. The van der Waals surface area contributed by atoms with Crippen LogP contribution in [0.1, 0.15) is 30.1 Å². The van der Waals surface area contributed by atoms with E-state index < -0.39 is 0 Å². The lowest BCUT2D eigenvalue weighted by atomic mass is 10.00. The van der Waals surface area contributed by atoms with Crippen LogP contribution in [0.5, 0.6) is 0 Å². The molecular formula is C9H13NO2S. The number of aromatic nitrogens is 1. The number of thioether (sulfide) groups is 1. The standard InChI is InChI=1S/C9H13NO2S/c11-5-8-4-10-12-9(8)7-2-1-3-13-6-7/h4,7,11H,1-3,5-6H2. The molecule has 2 heterocycles. The molecule has 2 rings (SSSR count). The van der Waals surface area contributed by atoms with Crippen LogP contribution in [0, 0.1) is 0 Å². The van der Waals surface area contributed by atoms with E-state index in [1.54, 1.807) is 6.20 Å². The summed E-state index contributed by atoms with van der Waals surface area (Å²) in [5.74, 6) is 3.71. The van der Waals surface area contributed by atoms with Gasteiger partial charge in [-0.1, -0.05) is 5.16 Å². The topological polar surface area (TPSA) is 46.3 Å². The van der Waals surface area contributed by atoms with E-state index in [9.17, 15) is 0 Å². The second kappa shape index (κ2) is 4.15. The van der Waals surface area contributed by atoms with Gasteiger partial charge >= 0.3 is 0 Å². The summed E-state index contributed by atoms with van der Waals surface area (Å²) < 4.78 is 5.17. The van der Waals surface area contributed by atoms with Crippen molar-refractivity contribution in [1.82, 2.24) is 5.16 Å². The van der Waals surface area contributed by atoms with Gasteiger partial charge < -0.3 is 9.63 Å². The van der Waals surface area contributed by atoms with Crippen molar-refractivity contribution in [2.45, 2.75) is 25.4 Å². The number of nitrogens with zero attached hydrogens (tertiary/aromatic N) is 1. The fraction of sp³-hybridized carbons (Fsp3) is 0.667. The Morgan fingerprint density at radius 1 is 1.69 bits per heavy atom. The quantitative estimate of drug-likeness (QED) is 0.788. The fourth-order valence-electron chi connectivity index (χ4n) is 1.67. The SMILES string of the molecule is OCc1cnoc1C1CCCSC1. The zero-order valence-electron chi connectivity index (χ0n) is 7.40. The highest BCUT2D eigenvalue weighted by Crippen LogP contribution is 2.32. The van der Waals surface area contributed by atoms with Crippen LogP contribution in [0.25, 0.3) is 0 Å². The molecule has 1 aromatic rings. The molecule has 3 nitrogen and oxygen atoms in total. The molecule has 0 aliphatic carbocycles. The van der Waals surface area contributed by atoms with Gasteiger partial charge in [0.05, 0.1) is 12.8 Å². The van der Waals surface area contributed by atoms with Gasteiger partial charge in [-0.15, -0.1) is 0 Å². The maximum Gasteiger partial charge on any atom is 0.146 e. The van der Waals surface area contributed by atoms with Crippen molar-refractivity contribution in [1.29, 1.82) is 0 Å². The highest BCUT2D eigenvalue weighted by Gasteiger charge is 2.22. The smallest absolute Gasteiger partial charge is 0.146 e. The first kappa shape index (κ1) is 9.09. The van der Waals surface area contributed by atoms with Crippen molar-refractivity contribution < 1.29 is 9.63 Å². The molecule has 0 saturated carbocycles. The van der Waals surface area contributed by atoms with Crippen LogP contribution < -0.4 is 0 Å². The predicted octanol–water partition coefficient (Wildman–Crippen LogP) is 1.78. The monoisotopic (exact) mass is 199 g/mol. The molecule has 1 N–H and O–H groups in total. The molecule has 1 unspecified atom stereocenters. The van der Waals surface area contributed by atoms with Crippen molar-refractivity contribution in [3.63, 3.8) is 0 Å². The van der Waals surface area contributed by atoms with Crippen LogP contribution in [0.4, 0.5) is 0 Å². The lowest BCUT2D eigenvalue weighted by Crippen LogP contribution is -2.09. The number of aliphatic hydroxyl groups is 1. The Hall–Kier alpha value is -0.480. The molecule has 4 heteroatoms. The van der Waals surface area contributed by atoms with E-state index in [2.05, 4.69) is 5.16 Å². The minimum absolute atomic E-state index is 0.0417. The normalized spacial score (nSPS) is 23.3. The molecule has 1 aliphatic rings. The van der Waals surface area contributed by atoms with E-state index in [0.717, 1.165) is 23.5 Å². The van der Waals surface area contributed by atoms with E-state index in [4.69, 9.17) is 9.63 Å². The Labute approximate surface area is 81.5 Å². The average Bonchev–Trinajstić information content (AvgIpc) is 2.67. The Morgan fingerprint density at radius 3 is 3.31 bits per heavy atom. The van der Waals surface area contributed by atoms with Crippen LogP contribution in [0.2, 0.25) is 0 Å². The van der Waals surface area contributed by atoms with Crippen molar-refractivity contribution >= 4 is 11.8 Å². The van der Waals surface area contributed by atoms with Gasteiger partial charge in [0, 0.05) is 17.2 Å². The summed E-state index contributed by atoms with van der Waals surface area (Å²) in [4.78, 5) is 0. The lowest BCUT2D eigenvalue weighted by Gasteiger charge is -2.19. The minimum Gasteiger partial charge on any atom is -0.391 e. The van der Waals surface area contributed by atoms with Crippen molar-refractivity contribution in [2.24, 2.45) is 0 Å². The Bertz CT molecular complexity index is 268. The molecule has 1 atom stereocenters. The first-order valence-corrected chi connectivity index (χ1v) is 5.69. The third kappa shape index (κ3) is 1.89. The maximum absolute atomic E-state index is 9.03. The molecular weight excluding hydrogens is 186 g/mol. The summed E-state index contributed by atoms with van der Waals surface area (Å²) in [5.41, 5.74) is 0.854. The molecule has 0 bridgehead atoms. The summed E-state index contributed by atoms with van der Waals surface area (Å²) in [5, 5.41) is 12.8. The molecule has 72 valence electrons. The number of hydrogen-bond acceptors (Lipinski definition) is 4. The van der Waals surface area contributed by atoms with Gasteiger partial charge in [0.1, 0.15) is 5.76 Å². The molecule has 0 aromatic carbocycles. The summed E-state index contributed by atoms with van der Waals surface area (Å²) in [6, 6.07) is 0. The largest absolute Gasteiger partial charge is 0.391 e. The van der Waals surface area contributed by atoms with Crippen molar-refractivity contribution in [3.8, 4) is 0 Å². The zero-order valence-corrected chi connectivity index (χ0v) is 8.22. The molecule has 0 spiro atoms. The number of rotatable bonds is 2. The van der Waals surface area contributed by atoms with Crippen LogP contribution in [-0.2, 0) is 6.61 Å². The summed E-state index contributed by atoms with van der Waals surface area (Å²) in [7, 11) is 0. The second-order valence-corrected chi connectivity index (χ2v) is 4.44. The average molecular weight is 199 g/mol. The lowest BCUT2D eigenvalue weighted by molar-refractivity contribution is 0.274. The van der Waals surface area contributed by atoms with Gasteiger partial charge in [-0.25, -0.2) is 0 Å². The second-order valence-electron chi connectivity index (χ2n) is 3.29. The minimum atomic E-state index is 0.0417. The van der Waals surface area contributed by atoms with Gasteiger partial charge in [-0.2, -0.15) is 11.8 Å². The van der Waals surface area contributed by atoms with Gasteiger partial charge in [0.25, 0.3) is 0 Å². The predicted molar refractivity (Wildman–Crippen MR) is 51.7 cm³/mol. The van der Waals surface area contributed by atoms with Crippen molar-refractivity contribution in [2.75, 3.05) is 11.5 Å². The van der Waals surface area contributed by atoms with Gasteiger partial charge in [0.2, 0.25) is 0 Å². The third-order valence-corrected chi connectivity index (χ3v) is 3.59. The van der Waals surface area contributed by atoms with Gasteiger partial charge in [0.15, 0.2) is 0 Å². The highest BCUT2D eigenvalue weighted by molar-refractivity contribution is 7.99. The van der Waals surface area contributed by atoms with Gasteiger partial charge in [-0.3, -0.25) is 0 Å². The third-order valence-electron chi connectivity index (χ3n) is 2.38. The van der Waals surface area contributed by atoms with Crippen LogP contribution in [0.15, 0.2) is 10.7 Å². The van der Waals surface area contributed by atoms with Crippen LogP contribution in [-0.4, -0.2) is 21.8 Å². The zero-order chi connectivity index (χ0) is 9.10. The fourth-order valence-corrected chi connectivity index (χ4v) is 2.81. The Morgan fingerprint density at radius 2 is 2.62 bits per heavy atom. The maximum atomic E-state index is 9.03. The molecule has 0 radical (unpaired) electrons. The van der Waals surface area contributed by atoms with Crippen molar-refractivity contribution in [3.05, 3.63) is 17.5 Å². The van der Waals surface area contributed by atoms with E-state index in [-0.39, 0.29) is 6.61 Å². The van der Waals surface area contributed by atoms with E-state index in [1.807, 2.05) is 11.8 Å². The number of hydrogen-bond donors (Lipinski definition) is 1. The van der Waals surface area contributed by atoms with Gasteiger partial charge in [-0.05, 0) is 18.6 Å². The van der Waals surface area contributed by atoms with E-state index >= 15 is 0 Å². The summed E-state index contributed by atoms with van der Waals surface area (Å²) >= 11 is 1.95. The van der Waals surface area contributed by atoms with E-state index in [0.29, 0.717) is 5.92 Å². The molecule has 1 fully saturated rings. The molecule has 0 amide bonds. The summed E-state index contributed by atoms with van der Waals surface area (Å²) in [6.07, 6.45) is 4.02. The first-order valence-electron chi connectivity index (χ1n) is 4.54. The molecule has 1 saturated heterocycles. The summed E-state index contributed by atoms with van der Waals surface area (Å²) in [6.45, 7) is 0.0417. The Balaban J connectivity index is 2.13. The highest BCUT2D eigenvalue weighted by atomic mass is 32.2. The van der Waals surface area contributed by atoms with Crippen LogP contribution in [0.3, 0.4) is 0 Å². The van der Waals surface area contributed by atoms with Crippen LogP contribution >= 0.6 is 11.8 Å². The molecule has 1 aliphatic heterocycles. The first-order chi connectivity index (χ1) is 6.42.